The van der Waals surface area contributed by atoms with Crippen LogP contribution in [0.5, 0.6) is 0 Å². The van der Waals surface area contributed by atoms with Gasteiger partial charge in [0.05, 0.1) is 12.9 Å². The van der Waals surface area contributed by atoms with Crippen LogP contribution in [0, 0.1) is 0 Å². The molecule has 2 nitrogen and oxygen atoms in total. The van der Waals surface area contributed by atoms with Crippen LogP contribution in [0.3, 0.4) is 0 Å². The van der Waals surface area contributed by atoms with Crippen molar-refractivity contribution in [2.45, 2.75) is 31.0 Å². The van der Waals surface area contributed by atoms with Crippen LogP contribution in [0.25, 0.3) is 0 Å². The number of alkyl halides is 5. The van der Waals surface area contributed by atoms with Crippen molar-refractivity contribution in [1.29, 1.82) is 0 Å². The fourth-order valence-electron chi connectivity index (χ4n) is 1.34. The SMILES string of the molecule is CC=COCC1(C(F)(F)C(F)(F)F)CCO1. The van der Waals surface area contributed by atoms with E-state index in [4.69, 9.17) is 0 Å². The average Bonchev–Trinajstić information content (AvgIpc) is 2.07. The largest absolute Gasteiger partial charge is 0.498 e. The van der Waals surface area contributed by atoms with Gasteiger partial charge in [-0.3, -0.25) is 0 Å². The minimum absolute atomic E-state index is 0.120. The summed E-state index contributed by atoms with van der Waals surface area (Å²) in [5.41, 5.74) is -2.58. The molecule has 7 heteroatoms. The summed E-state index contributed by atoms with van der Waals surface area (Å²) >= 11 is 0. The van der Waals surface area contributed by atoms with Gasteiger partial charge < -0.3 is 9.47 Å². The first-order valence-electron chi connectivity index (χ1n) is 4.58. The van der Waals surface area contributed by atoms with E-state index in [2.05, 4.69) is 9.47 Å². The Balaban J connectivity index is 2.79. The van der Waals surface area contributed by atoms with E-state index in [-0.39, 0.29) is 13.0 Å². The number of allylic oxidation sites excluding steroid dienone is 1. The predicted molar refractivity (Wildman–Crippen MR) is 45.1 cm³/mol. The third kappa shape index (κ3) is 2.00. The van der Waals surface area contributed by atoms with Crippen molar-refractivity contribution in [2.75, 3.05) is 13.2 Å². The number of ether oxygens (including phenoxy) is 2. The molecular weight excluding hydrogens is 235 g/mol. The summed E-state index contributed by atoms with van der Waals surface area (Å²) < 4.78 is 71.7. The van der Waals surface area contributed by atoms with E-state index >= 15 is 0 Å². The molecule has 0 N–H and O–H groups in total. The van der Waals surface area contributed by atoms with Gasteiger partial charge in [-0.05, 0) is 6.92 Å². The summed E-state index contributed by atoms with van der Waals surface area (Å²) in [5.74, 6) is -4.90. The smallest absolute Gasteiger partial charge is 0.456 e. The molecule has 1 saturated heterocycles. The van der Waals surface area contributed by atoms with Gasteiger partial charge in [-0.15, -0.1) is 0 Å². The van der Waals surface area contributed by atoms with Gasteiger partial charge in [0, 0.05) is 6.42 Å². The highest BCUT2D eigenvalue weighted by Crippen LogP contribution is 2.50. The number of hydrogen-bond donors (Lipinski definition) is 0. The highest BCUT2D eigenvalue weighted by atomic mass is 19.4. The van der Waals surface area contributed by atoms with Crippen LogP contribution in [0.4, 0.5) is 22.0 Å². The lowest BCUT2D eigenvalue weighted by Gasteiger charge is -2.46. The van der Waals surface area contributed by atoms with Crippen molar-refractivity contribution in [3.05, 3.63) is 12.3 Å². The van der Waals surface area contributed by atoms with Crippen LogP contribution >= 0.6 is 0 Å². The maximum Gasteiger partial charge on any atom is 0.456 e. The quantitative estimate of drug-likeness (QED) is 0.561. The minimum Gasteiger partial charge on any atom is -0.498 e. The van der Waals surface area contributed by atoms with E-state index in [9.17, 15) is 22.0 Å². The minimum atomic E-state index is -5.63. The fraction of sp³-hybridized carbons (Fsp3) is 0.778. The lowest BCUT2D eigenvalue weighted by Crippen LogP contribution is -2.66. The highest BCUT2D eigenvalue weighted by Gasteiger charge is 2.73. The van der Waals surface area contributed by atoms with E-state index in [0.717, 1.165) is 6.26 Å². The van der Waals surface area contributed by atoms with E-state index in [1.165, 1.54) is 6.08 Å². The molecule has 0 aromatic carbocycles. The summed E-state index contributed by atoms with van der Waals surface area (Å²) in [6.07, 6.45) is -3.57. The van der Waals surface area contributed by atoms with Crippen molar-refractivity contribution < 1.29 is 31.4 Å². The summed E-state index contributed by atoms with van der Waals surface area (Å²) in [6.45, 7) is 0.616. The zero-order valence-electron chi connectivity index (χ0n) is 8.48. The zero-order chi connectivity index (χ0) is 12.4. The maximum absolute atomic E-state index is 13.1. The standard InChI is InChI=1S/C9H11F5O2/c1-2-4-15-6-7(3-5-16-7)8(10,11)9(12,13)14/h2,4H,3,5-6H2,1H3. The Bertz CT molecular complexity index is 268. The fourth-order valence-corrected chi connectivity index (χ4v) is 1.34. The summed E-state index contributed by atoms with van der Waals surface area (Å²) in [7, 11) is 0. The highest BCUT2D eigenvalue weighted by molar-refractivity contribution is 5.04. The Morgan fingerprint density at radius 3 is 2.19 bits per heavy atom. The molecule has 0 bridgehead atoms. The molecule has 0 amide bonds. The maximum atomic E-state index is 13.1. The van der Waals surface area contributed by atoms with Crippen LogP contribution in [0.15, 0.2) is 12.3 Å². The topological polar surface area (TPSA) is 18.5 Å². The van der Waals surface area contributed by atoms with Gasteiger partial charge in [-0.2, -0.15) is 22.0 Å². The van der Waals surface area contributed by atoms with E-state index < -0.39 is 24.3 Å². The molecule has 1 atom stereocenters. The van der Waals surface area contributed by atoms with Crippen molar-refractivity contribution in [3.8, 4) is 0 Å². The third-order valence-corrected chi connectivity index (χ3v) is 2.36. The van der Waals surface area contributed by atoms with E-state index in [1.807, 2.05) is 0 Å². The van der Waals surface area contributed by atoms with Crippen molar-refractivity contribution in [1.82, 2.24) is 0 Å². The molecule has 0 saturated carbocycles. The molecule has 0 spiro atoms. The molecule has 94 valence electrons. The first-order valence-corrected chi connectivity index (χ1v) is 4.58. The lowest BCUT2D eigenvalue weighted by molar-refractivity contribution is -0.382. The number of rotatable bonds is 4. The van der Waals surface area contributed by atoms with Gasteiger partial charge in [-0.25, -0.2) is 0 Å². The average molecular weight is 246 g/mol. The third-order valence-electron chi connectivity index (χ3n) is 2.36. The molecule has 0 aromatic rings. The summed E-state index contributed by atoms with van der Waals surface area (Å²) in [5, 5.41) is 0. The molecule has 1 rings (SSSR count). The predicted octanol–water partition coefficient (Wildman–Crippen LogP) is 2.89. The van der Waals surface area contributed by atoms with Crippen molar-refractivity contribution in [2.24, 2.45) is 0 Å². The Morgan fingerprint density at radius 2 is 1.88 bits per heavy atom. The van der Waals surface area contributed by atoms with Crippen LogP contribution in [0.2, 0.25) is 0 Å². The Morgan fingerprint density at radius 1 is 1.31 bits per heavy atom. The molecule has 0 radical (unpaired) electrons. The Hall–Kier alpha value is -0.850. The second-order valence-corrected chi connectivity index (χ2v) is 3.45. The molecule has 1 fully saturated rings. The number of halogens is 5. The van der Waals surface area contributed by atoms with Crippen LogP contribution < -0.4 is 0 Å². The normalized spacial score (nSPS) is 26.9. The van der Waals surface area contributed by atoms with Crippen molar-refractivity contribution >= 4 is 0 Å². The first-order chi connectivity index (χ1) is 7.27. The first kappa shape index (κ1) is 13.2. The monoisotopic (exact) mass is 246 g/mol. The molecule has 1 heterocycles. The van der Waals surface area contributed by atoms with E-state index in [0.29, 0.717) is 0 Å². The van der Waals surface area contributed by atoms with E-state index in [1.54, 1.807) is 6.92 Å². The number of hydrogen-bond acceptors (Lipinski definition) is 2. The zero-order valence-corrected chi connectivity index (χ0v) is 8.48. The molecule has 16 heavy (non-hydrogen) atoms. The van der Waals surface area contributed by atoms with Crippen molar-refractivity contribution in [3.63, 3.8) is 0 Å². The molecule has 1 aliphatic rings. The van der Waals surface area contributed by atoms with Crippen LogP contribution in [-0.2, 0) is 9.47 Å². The Kier molecular flexibility index (Phi) is 3.47. The second kappa shape index (κ2) is 4.20. The van der Waals surface area contributed by atoms with Gasteiger partial charge in [0.2, 0.25) is 0 Å². The Labute approximate surface area is 89.0 Å². The van der Waals surface area contributed by atoms with Crippen LogP contribution in [-0.4, -0.2) is 30.9 Å². The lowest BCUT2D eigenvalue weighted by atomic mass is 9.87. The summed E-state index contributed by atoms with van der Waals surface area (Å²) in [6, 6.07) is 0. The van der Waals surface area contributed by atoms with Gasteiger partial charge >= 0.3 is 12.1 Å². The summed E-state index contributed by atoms with van der Waals surface area (Å²) in [4.78, 5) is 0. The van der Waals surface area contributed by atoms with Gasteiger partial charge in [0.1, 0.15) is 6.61 Å². The molecule has 1 aliphatic heterocycles. The van der Waals surface area contributed by atoms with Crippen LogP contribution in [0.1, 0.15) is 13.3 Å². The molecule has 1 unspecified atom stereocenters. The molecule has 0 aliphatic carbocycles. The molecule has 0 aromatic heterocycles. The molecular formula is C9H11F5O2. The van der Waals surface area contributed by atoms with Gasteiger partial charge in [0.25, 0.3) is 0 Å². The second-order valence-electron chi connectivity index (χ2n) is 3.45. The van der Waals surface area contributed by atoms with Gasteiger partial charge in [-0.1, -0.05) is 6.08 Å². The van der Waals surface area contributed by atoms with Gasteiger partial charge in [0.15, 0.2) is 5.60 Å².